The zero-order chi connectivity index (χ0) is 15.5. The van der Waals surface area contributed by atoms with E-state index >= 15 is 0 Å². The molecule has 7 heteroatoms. The minimum Gasteiger partial charge on any atom is -0.426 e. The van der Waals surface area contributed by atoms with Gasteiger partial charge in [0.1, 0.15) is 5.75 Å². The lowest BCUT2D eigenvalue weighted by Crippen LogP contribution is -2.41. The molecule has 0 aliphatic heterocycles. The fourth-order valence-corrected chi connectivity index (χ4v) is 1.48. The van der Waals surface area contributed by atoms with Crippen molar-refractivity contribution in [2.24, 2.45) is 0 Å². The average molecular weight is 302 g/mol. The number of halogens is 5. The molecule has 1 radical (unpaired) electrons. The summed E-state index contributed by atoms with van der Waals surface area (Å²) in [6.45, 7) is 0. The first-order valence-electron chi connectivity index (χ1n) is 5.75. The second kappa shape index (κ2) is 5.59. The molecule has 0 saturated carbocycles. The van der Waals surface area contributed by atoms with Crippen molar-refractivity contribution in [2.75, 3.05) is 5.32 Å². The fraction of sp³-hybridized carbons (Fsp3) is 0.143. The Morgan fingerprint density at radius 2 is 1.57 bits per heavy atom. The van der Waals surface area contributed by atoms with Gasteiger partial charge in [0, 0.05) is 17.4 Å². The summed E-state index contributed by atoms with van der Waals surface area (Å²) in [5.74, 6) is -0.593. The third kappa shape index (κ3) is 3.84. The Morgan fingerprint density at radius 1 is 0.905 bits per heavy atom. The Labute approximate surface area is 117 Å². The first kappa shape index (κ1) is 15.1. The molecule has 2 aromatic carbocycles. The minimum atomic E-state index is -5.77. The van der Waals surface area contributed by atoms with Gasteiger partial charge >= 0.3 is 12.3 Å². The summed E-state index contributed by atoms with van der Waals surface area (Å²) in [7, 11) is 0. The van der Waals surface area contributed by atoms with Crippen LogP contribution < -0.4 is 10.1 Å². The molecule has 0 spiro atoms. The van der Waals surface area contributed by atoms with E-state index in [-0.39, 0.29) is 0 Å². The molecular weight excluding hydrogens is 293 g/mol. The average Bonchev–Trinajstić information content (AvgIpc) is 2.38. The first-order chi connectivity index (χ1) is 9.78. The van der Waals surface area contributed by atoms with Gasteiger partial charge in [0.05, 0.1) is 0 Å². The van der Waals surface area contributed by atoms with Crippen molar-refractivity contribution in [1.82, 2.24) is 0 Å². The van der Waals surface area contributed by atoms with Crippen LogP contribution in [0.2, 0.25) is 0 Å². The van der Waals surface area contributed by atoms with Gasteiger partial charge in [-0.2, -0.15) is 22.0 Å². The van der Waals surface area contributed by atoms with Gasteiger partial charge in [-0.25, -0.2) is 0 Å². The molecule has 0 fully saturated rings. The van der Waals surface area contributed by atoms with E-state index in [1.807, 2.05) is 0 Å². The van der Waals surface area contributed by atoms with Crippen molar-refractivity contribution < 1.29 is 26.7 Å². The number of hydrogen-bond acceptors (Lipinski definition) is 2. The third-order valence-electron chi connectivity index (χ3n) is 2.42. The van der Waals surface area contributed by atoms with Gasteiger partial charge in [0.2, 0.25) is 0 Å². The van der Waals surface area contributed by atoms with E-state index in [2.05, 4.69) is 16.1 Å². The van der Waals surface area contributed by atoms with Gasteiger partial charge in [-0.3, -0.25) is 0 Å². The van der Waals surface area contributed by atoms with Crippen LogP contribution in [0.15, 0.2) is 48.5 Å². The van der Waals surface area contributed by atoms with Gasteiger partial charge in [-0.1, -0.05) is 18.2 Å². The molecule has 0 atom stereocenters. The highest BCUT2D eigenvalue weighted by molar-refractivity contribution is 5.60. The van der Waals surface area contributed by atoms with Gasteiger partial charge in [0.25, 0.3) is 0 Å². The molecule has 0 unspecified atom stereocenters. The summed E-state index contributed by atoms with van der Waals surface area (Å²) in [6.07, 6.45) is -11.0. The van der Waals surface area contributed by atoms with Crippen LogP contribution in [-0.2, 0) is 0 Å². The van der Waals surface area contributed by atoms with Gasteiger partial charge in [-0.05, 0) is 30.3 Å². The van der Waals surface area contributed by atoms with Gasteiger partial charge < -0.3 is 10.1 Å². The molecule has 111 valence electrons. The highest BCUT2D eigenvalue weighted by atomic mass is 19.4. The minimum absolute atomic E-state index is 0.316. The van der Waals surface area contributed by atoms with Crippen LogP contribution in [0.1, 0.15) is 0 Å². The molecular formula is C14H9F5NO. The zero-order valence-corrected chi connectivity index (χ0v) is 10.4. The Bertz CT molecular complexity index is 598. The number of anilines is 2. The number of rotatable bonds is 4. The van der Waals surface area contributed by atoms with E-state index in [4.69, 9.17) is 0 Å². The summed E-state index contributed by atoms with van der Waals surface area (Å²) >= 11 is 0. The van der Waals surface area contributed by atoms with E-state index in [1.54, 1.807) is 24.3 Å². The zero-order valence-electron chi connectivity index (χ0n) is 10.4. The summed E-state index contributed by atoms with van der Waals surface area (Å²) in [5, 5.41) is 2.84. The van der Waals surface area contributed by atoms with Crippen molar-refractivity contribution in [2.45, 2.75) is 12.3 Å². The van der Waals surface area contributed by atoms with E-state index in [0.717, 1.165) is 12.1 Å². The van der Waals surface area contributed by atoms with Gasteiger partial charge in [0.15, 0.2) is 0 Å². The largest absolute Gasteiger partial charge is 0.499 e. The lowest BCUT2D eigenvalue weighted by Gasteiger charge is -2.20. The smallest absolute Gasteiger partial charge is 0.426 e. The molecule has 0 aliphatic carbocycles. The number of hydrogen-bond donors (Lipinski definition) is 1. The Hall–Kier alpha value is -2.31. The van der Waals surface area contributed by atoms with Crippen LogP contribution in [0.5, 0.6) is 5.75 Å². The predicted octanol–water partition coefficient (Wildman–Crippen LogP) is 4.76. The Kier molecular flexibility index (Phi) is 4.02. The number of benzene rings is 2. The second-order valence-electron chi connectivity index (χ2n) is 4.06. The summed E-state index contributed by atoms with van der Waals surface area (Å²) in [6, 6.07) is 14.3. The highest BCUT2D eigenvalue weighted by Gasteiger charge is 2.61. The van der Waals surface area contributed by atoms with Crippen molar-refractivity contribution in [3.8, 4) is 5.75 Å². The Balaban J connectivity index is 2.15. The fourth-order valence-electron chi connectivity index (χ4n) is 1.48. The van der Waals surface area contributed by atoms with Crippen molar-refractivity contribution >= 4 is 11.4 Å². The molecule has 1 N–H and O–H groups in total. The van der Waals surface area contributed by atoms with Crippen LogP contribution in [-0.4, -0.2) is 12.3 Å². The highest BCUT2D eigenvalue weighted by Crippen LogP contribution is 2.37. The Morgan fingerprint density at radius 3 is 2.19 bits per heavy atom. The van der Waals surface area contributed by atoms with E-state index in [9.17, 15) is 22.0 Å². The van der Waals surface area contributed by atoms with Crippen LogP contribution in [0.25, 0.3) is 0 Å². The molecule has 2 rings (SSSR count). The van der Waals surface area contributed by atoms with Crippen LogP contribution in [0.4, 0.5) is 33.3 Å². The SMILES string of the molecule is FC(F)(F)C(F)(F)Oc1cccc(Nc2cc[c]cc2)c1. The summed E-state index contributed by atoms with van der Waals surface area (Å²) < 4.78 is 65.6. The molecule has 0 bridgehead atoms. The molecule has 0 amide bonds. The number of alkyl halides is 5. The topological polar surface area (TPSA) is 21.3 Å². The van der Waals surface area contributed by atoms with Crippen molar-refractivity contribution in [3.05, 3.63) is 54.6 Å². The normalized spacial score (nSPS) is 12.0. The lowest BCUT2D eigenvalue weighted by atomic mass is 10.2. The third-order valence-corrected chi connectivity index (χ3v) is 2.42. The van der Waals surface area contributed by atoms with Crippen LogP contribution in [0.3, 0.4) is 0 Å². The molecule has 2 aromatic rings. The molecule has 21 heavy (non-hydrogen) atoms. The summed E-state index contributed by atoms with van der Waals surface area (Å²) in [5.41, 5.74) is 0.949. The predicted molar refractivity (Wildman–Crippen MR) is 66.6 cm³/mol. The number of ether oxygens (including phenoxy) is 1. The standard InChI is InChI=1S/C14H9F5NO/c15-13(16,17)14(18,19)21-12-8-4-7-11(9-12)20-10-5-2-1-3-6-10/h2-9,20H. The maximum Gasteiger partial charge on any atom is 0.499 e. The molecule has 0 saturated heterocycles. The maximum atomic E-state index is 12.8. The molecule has 0 aliphatic rings. The summed E-state index contributed by atoms with van der Waals surface area (Å²) in [4.78, 5) is 0. The monoisotopic (exact) mass is 302 g/mol. The van der Waals surface area contributed by atoms with E-state index in [0.29, 0.717) is 11.4 Å². The lowest BCUT2D eigenvalue weighted by molar-refractivity contribution is -0.360. The van der Waals surface area contributed by atoms with Gasteiger partial charge in [-0.15, -0.1) is 0 Å². The van der Waals surface area contributed by atoms with Crippen molar-refractivity contribution in [3.63, 3.8) is 0 Å². The van der Waals surface area contributed by atoms with Crippen LogP contribution >= 0.6 is 0 Å². The molecule has 2 nitrogen and oxygen atoms in total. The molecule has 0 heterocycles. The number of nitrogens with one attached hydrogen (secondary N) is 1. The second-order valence-corrected chi connectivity index (χ2v) is 4.06. The van der Waals surface area contributed by atoms with E-state index in [1.165, 1.54) is 12.1 Å². The van der Waals surface area contributed by atoms with Crippen LogP contribution in [0, 0.1) is 6.07 Å². The van der Waals surface area contributed by atoms with E-state index < -0.39 is 18.0 Å². The quantitative estimate of drug-likeness (QED) is 0.822. The molecule has 0 aromatic heterocycles. The first-order valence-corrected chi connectivity index (χ1v) is 5.75. The van der Waals surface area contributed by atoms with Crippen molar-refractivity contribution in [1.29, 1.82) is 0 Å². The maximum absolute atomic E-state index is 12.8.